The second-order valence-electron chi connectivity index (χ2n) is 3.99. The Morgan fingerprint density at radius 3 is 2.56 bits per heavy atom. The van der Waals surface area contributed by atoms with Crippen molar-refractivity contribution in [3.05, 3.63) is 28.0 Å². The first-order chi connectivity index (χ1) is 7.58. The van der Waals surface area contributed by atoms with E-state index in [9.17, 15) is 4.79 Å². The molecule has 0 radical (unpaired) electrons. The summed E-state index contributed by atoms with van der Waals surface area (Å²) < 4.78 is 0. The molecule has 3 nitrogen and oxygen atoms in total. The molecule has 1 unspecified atom stereocenters. The van der Waals surface area contributed by atoms with Crippen LogP contribution in [0.25, 0.3) is 0 Å². The molecule has 0 saturated carbocycles. The minimum absolute atomic E-state index is 0.0174. The molecule has 86 valence electrons. The van der Waals surface area contributed by atoms with Crippen LogP contribution in [0.5, 0.6) is 0 Å². The highest BCUT2D eigenvalue weighted by molar-refractivity contribution is 6.33. The number of carbonyl (C=O) groups is 1. The summed E-state index contributed by atoms with van der Waals surface area (Å²) in [6.07, 6.45) is 2.11. The number of halogens is 2. The summed E-state index contributed by atoms with van der Waals surface area (Å²) in [5, 5.41) is 0.505. The van der Waals surface area contributed by atoms with Crippen LogP contribution in [0.15, 0.2) is 12.1 Å². The van der Waals surface area contributed by atoms with Gasteiger partial charge in [-0.15, -0.1) is 0 Å². The zero-order valence-electron chi connectivity index (χ0n) is 8.91. The minimum Gasteiger partial charge on any atom is -0.336 e. The van der Waals surface area contributed by atoms with E-state index in [1.807, 2.05) is 4.90 Å². The van der Waals surface area contributed by atoms with E-state index in [-0.39, 0.29) is 16.2 Å². The number of nitrogens with zero attached hydrogens (tertiary/aromatic N) is 2. The molecule has 1 saturated heterocycles. The molecular formula is C11H12Cl2N2O. The molecule has 1 aromatic rings. The smallest absolute Gasteiger partial charge is 0.254 e. The highest BCUT2D eigenvalue weighted by Crippen LogP contribution is 2.22. The van der Waals surface area contributed by atoms with Gasteiger partial charge in [-0.3, -0.25) is 4.79 Å². The van der Waals surface area contributed by atoms with Crippen LogP contribution in [-0.2, 0) is 0 Å². The first-order valence-electron chi connectivity index (χ1n) is 5.22. The van der Waals surface area contributed by atoms with Gasteiger partial charge in [-0.05, 0) is 31.9 Å². The molecule has 0 aromatic carbocycles. The van der Waals surface area contributed by atoms with Gasteiger partial charge in [0.1, 0.15) is 10.3 Å². The molecule has 1 atom stereocenters. The van der Waals surface area contributed by atoms with E-state index in [0.717, 1.165) is 19.4 Å². The van der Waals surface area contributed by atoms with Gasteiger partial charge in [0.05, 0.1) is 0 Å². The summed E-state index contributed by atoms with van der Waals surface area (Å²) in [6, 6.07) is 3.40. The fourth-order valence-corrected chi connectivity index (χ4v) is 2.45. The molecule has 2 rings (SSSR count). The summed E-state index contributed by atoms with van der Waals surface area (Å²) in [5.74, 6) is -0.0174. The Hall–Kier alpha value is -0.800. The van der Waals surface area contributed by atoms with Gasteiger partial charge in [0, 0.05) is 18.2 Å². The van der Waals surface area contributed by atoms with Crippen LogP contribution >= 0.6 is 23.2 Å². The van der Waals surface area contributed by atoms with Gasteiger partial charge in [-0.1, -0.05) is 23.2 Å². The predicted molar refractivity (Wildman–Crippen MR) is 64.0 cm³/mol. The average molecular weight is 259 g/mol. The molecule has 1 amide bonds. The van der Waals surface area contributed by atoms with Crippen molar-refractivity contribution in [2.24, 2.45) is 0 Å². The highest BCUT2D eigenvalue weighted by atomic mass is 35.5. The Morgan fingerprint density at radius 1 is 1.44 bits per heavy atom. The lowest BCUT2D eigenvalue weighted by molar-refractivity contribution is 0.0747. The van der Waals surface area contributed by atoms with Crippen molar-refractivity contribution in [3.8, 4) is 0 Å². The van der Waals surface area contributed by atoms with E-state index in [1.165, 1.54) is 0 Å². The Morgan fingerprint density at radius 2 is 2.06 bits per heavy atom. The molecule has 1 aromatic heterocycles. The Labute approximate surface area is 104 Å². The van der Waals surface area contributed by atoms with Gasteiger partial charge in [-0.2, -0.15) is 0 Å². The number of hydrogen-bond donors (Lipinski definition) is 0. The maximum absolute atomic E-state index is 12.1. The lowest BCUT2D eigenvalue weighted by Gasteiger charge is -2.21. The van der Waals surface area contributed by atoms with Gasteiger partial charge >= 0.3 is 0 Å². The highest BCUT2D eigenvalue weighted by Gasteiger charge is 2.26. The molecule has 2 heterocycles. The Balaban J connectivity index is 2.26. The summed E-state index contributed by atoms with van der Waals surface area (Å²) in [6.45, 7) is 2.85. The van der Waals surface area contributed by atoms with E-state index >= 15 is 0 Å². The first kappa shape index (κ1) is 11.7. The number of rotatable bonds is 1. The number of pyridine rings is 1. The zero-order valence-corrected chi connectivity index (χ0v) is 10.4. The van der Waals surface area contributed by atoms with Crippen LogP contribution < -0.4 is 0 Å². The number of carbonyl (C=O) groups excluding carboxylic acids is 1. The zero-order chi connectivity index (χ0) is 11.7. The van der Waals surface area contributed by atoms with Gasteiger partial charge in [-0.25, -0.2) is 4.98 Å². The van der Waals surface area contributed by atoms with Crippen molar-refractivity contribution in [2.45, 2.75) is 25.8 Å². The second kappa shape index (κ2) is 4.60. The molecule has 0 N–H and O–H groups in total. The van der Waals surface area contributed by atoms with Crippen LogP contribution in [0.2, 0.25) is 10.3 Å². The summed E-state index contributed by atoms with van der Waals surface area (Å²) in [4.78, 5) is 17.8. The predicted octanol–water partition coefficient (Wildman–Crippen LogP) is 3.01. The van der Waals surface area contributed by atoms with E-state index < -0.39 is 0 Å². The number of aromatic nitrogens is 1. The lowest BCUT2D eigenvalue weighted by atomic mass is 10.2. The van der Waals surface area contributed by atoms with Gasteiger partial charge in [0.15, 0.2) is 0 Å². The maximum Gasteiger partial charge on any atom is 0.254 e. The number of hydrogen-bond acceptors (Lipinski definition) is 2. The standard InChI is InChI=1S/C11H12Cl2N2O/c1-7-3-2-4-15(7)11(16)8-5-9(12)14-10(13)6-8/h5-7H,2-4H2,1H3. The average Bonchev–Trinajstić information content (AvgIpc) is 2.62. The summed E-state index contributed by atoms with van der Waals surface area (Å²) in [7, 11) is 0. The molecule has 0 spiro atoms. The van der Waals surface area contributed by atoms with Crippen LogP contribution in [0.4, 0.5) is 0 Å². The summed E-state index contributed by atoms with van der Waals surface area (Å²) >= 11 is 11.5. The molecule has 0 aliphatic carbocycles. The van der Waals surface area contributed by atoms with E-state index in [1.54, 1.807) is 12.1 Å². The quantitative estimate of drug-likeness (QED) is 0.726. The third-order valence-corrected chi connectivity index (χ3v) is 3.21. The molecule has 1 aliphatic heterocycles. The molecule has 16 heavy (non-hydrogen) atoms. The number of likely N-dealkylation sites (tertiary alicyclic amines) is 1. The van der Waals surface area contributed by atoms with Crippen molar-refractivity contribution < 1.29 is 4.79 Å². The van der Waals surface area contributed by atoms with E-state index in [4.69, 9.17) is 23.2 Å². The van der Waals surface area contributed by atoms with Crippen molar-refractivity contribution >= 4 is 29.1 Å². The molecular weight excluding hydrogens is 247 g/mol. The van der Waals surface area contributed by atoms with Gasteiger partial charge in [0.25, 0.3) is 5.91 Å². The molecule has 0 bridgehead atoms. The largest absolute Gasteiger partial charge is 0.336 e. The molecule has 1 aliphatic rings. The third kappa shape index (κ3) is 2.30. The fraction of sp³-hybridized carbons (Fsp3) is 0.455. The van der Waals surface area contributed by atoms with Crippen molar-refractivity contribution in [1.29, 1.82) is 0 Å². The van der Waals surface area contributed by atoms with Crippen LogP contribution in [0.1, 0.15) is 30.1 Å². The van der Waals surface area contributed by atoms with Crippen molar-refractivity contribution in [2.75, 3.05) is 6.54 Å². The Kier molecular flexibility index (Phi) is 3.36. The van der Waals surface area contributed by atoms with Gasteiger partial charge < -0.3 is 4.90 Å². The SMILES string of the molecule is CC1CCCN1C(=O)c1cc(Cl)nc(Cl)c1. The normalized spacial score (nSPS) is 20.2. The van der Waals surface area contributed by atoms with Crippen molar-refractivity contribution in [1.82, 2.24) is 9.88 Å². The van der Waals surface area contributed by atoms with E-state index in [2.05, 4.69) is 11.9 Å². The number of amides is 1. The first-order valence-corrected chi connectivity index (χ1v) is 5.97. The van der Waals surface area contributed by atoms with Crippen LogP contribution in [0.3, 0.4) is 0 Å². The molecule has 5 heteroatoms. The third-order valence-electron chi connectivity index (χ3n) is 2.82. The topological polar surface area (TPSA) is 33.2 Å². The fourth-order valence-electron chi connectivity index (χ4n) is 1.99. The summed E-state index contributed by atoms with van der Waals surface area (Å²) in [5.41, 5.74) is 0.513. The van der Waals surface area contributed by atoms with Crippen molar-refractivity contribution in [3.63, 3.8) is 0 Å². The minimum atomic E-state index is -0.0174. The second-order valence-corrected chi connectivity index (χ2v) is 4.77. The monoisotopic (exact) mass is 258 g/mol. The lowest BCUT2D eigenvalue weighted by Crippen LogP contribution is -2.33. The van der Waals surface area contributed by atoms with E-state index in [0.29, 0.717) is 11.6 Å². The van der Waals surface area contributed by atoms with Gasteiger partial charge in [0.2, 0.25) is 0 Å². The Bertz CT molecular complexity index is 402. The van der Waals surface area contributed by atoms with Crippen LogP contribution in [-0.4, -0.2) is 28.4 Å². The molecule has 1 fully saturated rings. The maximum atomic E-state index is 12.1. The van der Waals surface area contributed by atoms with Crippen LogP contribution in [0, 0.1) is 0 Å².